The van der Waals surface area contributed by atoms with E-state index in [0.717, 1.165) is 24.7 Å². The SMILES string of the molecule is Cc1[nH]cnc1CNCCC1CC1. The molecule has 0 atom stereocenters. The molecule has 2 rings (SSSR count). The first-order valence-electron chi connectivity index (χ1n) is 5.06. The molecule has 2 N–H and O–H groups in total. The number of rotatable bonds is 5. The molecule has 0 spiro atoms. The largest absolute Gasteiger partial charge is 0.348 e. The van der Waals surface area contributed by atoms with E-state index in [-0.39, 0.29) is 0 Å². The van der Waals surface area contributed by atoms with Gasteiger partial charge in [0.25, 0.3) is 0 Å². The van der Waals surface area contributed by atoms with Gasteiger partial charge in [-0.15, -0.1) is 0 Å². The highest BCUT2D eigenvalue weighted by Gasteiger charge is 2.19. The highest BCUT2D eigenvalue weighted by atomic mass is 14.9. The van der Waals surface area contributed by atoms with E-state index < -0.39 is 0 Å². The van der Waals surface area contributed by atoms with Crippen molar-refractivity contribution in [3.8, 4) is 0 Å². The van der Waals surface area contributed by atoms with Crippen molar-refractivity contribution in [1.29, 1.82) is 0 Å². The molecular weight excluding hydrogens is 162 g/mol. The average Bonchev–Trinajstić information content (AvgIpc) is 2.86. The van der Waals surface area contributed by atoms with E-state index in [1.807, 2.05) is 0 Å². The van der Waals surface area contributed by atoms with Crippen LogP contribution in [0.3, 0.4) is 0 Å². The summed E-state index contributed by atoms with van der Waals surface area (Å²) in [7, 11) is 0. The molecule has 13 heavy (non-hydrogen) atoms. The maximum Gasteiger partial charge on any atom is 0.0925 e. The summed E-state index contributed by atoms with van der Waals surface area (Å²) in [5, 5.41) is 3.42. The smallest absolute Gasteiger partial charge is 0.0925 e. The van der Waals surface area contributed by atoms with E-state index >= 15 is 0 Å². The van der Waals surface area contributed by atoms with E-state index in [4.69, 9.17) is 0 Å². The van der Waals surface area contributed by atoms with Crippen LogP contribution in [0.15, 0.2) is 6.33 Å². The van der Waals surface area contributed by atoms with Gasteiger partial charge < -0.3 is 10.3 Å². The third kappa shape index (κ3) is 2.56. The van der Waals surface area contributed by atoms with Crippen molar-refractivity contribution in [1.82, 2.24) is 15.3 Å². The quantitative estimate of drug-likeness (QED) is 0.674. The summed E-state index contributed by atoms with van der Waals surface area (Å²) >= 11 is 0. The molecule has 1 fully saturated rings. The maximum atomic E-state index is 4.23. The van der Waals surface area contributed by atoms with Crippen LogP contribution >= 0.6 is 0 Å². The van der Waals surface area contributed by atoms with Gasteiger partial charge >= 0.3 is 0 Å². The average molecular weight is 179 g/mol. The summed E-state index contributed by atoms with van der Waals surface area (Å²) in [6.07, 6.45) is 5.99. The summed E-state index contributed by atoms with van der Waals surface area (Å²) in [5.41, 5.74) is 2.33. The molecule has 1 aromatic rings. The topological polar surface area (TPSA) is 40.7 Å². The van der Waals surface area contributed by atoms with Gasteiger partial charge in [0.2, 0.25) is 0 Å². The molecule has 1 heterocycles. The second-order valence-corrected chi connectivity index (χ2v) is 3.88. The Morgan fingerprint density at radius 2 is 2.46 bits per heavy atom. The lowest BCUT2D eigenvalue weighted by atomic mass is 10.3. The number of hydrogen-bond acceptors (Lipinski definition) is 2. The third-order valence-corrected chi connectivity index (χ3v) is 2.65. The zero-order valence-corrected chi connectivity index (χ0v) is 8.14. The Morgan fingerprint density at radius 3 is 3.08 bits per heavy atom. The minimum Gasteiger partial charge on any atom is -0.348 e. The maximum absolute atomic E-state index is 4.23. The number of hydrogen-bond donors (Lipinski definition) is 2. The lowest BCUT2D eigenvalue weighted by molar-refractivity contribution is 0.606. The van der Waals surface area contributed by atoms with E-state index in [0.29, 0.717) is 0 Å². The fourth-order valence-corrected chi connectivity index (χ4v) is 1.48. The van der Waals surface area contributed by atoms with Crippen molar-refractivity contribution in [3.05, 3.63) is 17.7 Å². The van der Waals surface area contributed by atoms with Gasteiger partial charge in [-0.25, -0.2) is 4.98 Å². The van der Waals surface area contributed by atoms with Crippen LogP contribution in [0.5, 0.6) is 0 Å². The van der Waals surface area contributed by atoms with E-state index in [9.17, 15) is 0 Å². The molecule has 0 unspecified atom stereocenters. The Hall–Kier alpha value is -0.830. The zero-order chi connectivity index (χ0) is 9.10. The van der Waals surface area contributed by atoms with Crippen molar-refractivity contribution in [2.75, 3.05) is 6.54 Å². The van der Waals surface area contributed by atoms with Crippen molar-refractivity contribution in [2.24, 2.45) is 5.92 Å². The number of aromatic amines is 1. The fraction of sp³-hybridized carbons (Fsp3) is 0.700. The molecule has 72 valence electrons. The summed E-state index contributed by atoms with van der Waals surface area (Å²) in [6.45, 7) is 4.10. The van der Waals surface area contributed by atoms with Crippen molar-refractivity contribution < 1.29 is 0 Å². The highest BCUT2D eigenvalue weighted by Crippen LogP contribution is 2.31. The van der Waals surface area contributed by atoms with Crippen LogP contribution in [-0.2, 0) is 6.54 Å². The number of nitrogens with one attached hydrogen (secondary N) is 2. The number of aryl methyl sites for hydroxylation is 1. The van der Waals surface area contributed by atoms with E-state index in [2.05, 4.69) is 22.2 Å². The molecular formula is C10H17N3. The van der Waals surface area contributed by atoms with Crippen LogP contribution in [-0.4, -0.2) is 16.5 Å². The van der Waals surface area contributed by atoms with Crippen LogP contribution in [0.4, 0.5) is 0 Å². The predicted molar refractivity (Wildman–Crippen MR) is 52.4 cm³/mol. The molecule has 1 aliphatic carbocycles. The van der Waals surface area contributed by atoms with Crippen molar-refractivity contribution >= 4 is 0 Å². The molecule has 0 saturated heterocycles. The minimum atomic E-state index is 0.905. The zero-order valence-electron chi connectivity index (χ0n) is 8.14. The summed E-state index contributed by atoms with van der Waals surface area (Å²) < 4.78 is 0. The molecule has 3 heteroatoms. The Morgan fingerprint density at radius 1 is 1.62 bits per heavy atom. The number of imidazole rings is 1. The molecule has 1 aliphatic rings. The normalized spacial score (nSPS) is 16.4. The van der Waals surface area contributed by atoms with Crippen LogP contribution < -0.4 is 5.32 Å². The molecule has 0 aliphatic heterocycles. The molecule has 0 aromatic carbocycles. The first-order chi connectivity index (χ1) is 6.36. The van der Waals surface area contributed by atoms with E-state index in [1.165, 1.54) is 25.0 Å². The van der Waals surface area contributed by atoms with Gasteiger partial charge in [-0.05, 0) is 25.8 Å². The molecule has 0 amide bonds. The molecule has 0 radical (unpaired) electrons. The van der Waals surface area contributed by atoms with Gasteiger partial charge in [0.1, 0.15) is 0 Å². The highest BCUT2D eigenvalue weighted by molar-refractivity contribution is 5.07. The second-order valence-electron chi connectivity index (χ2n) is 3.88. The number of nitrogens with zero attached hydrogens (tertiary/aromatic N) is 1. The Labute approximate surface area is 79.0 Å². The first-order valence-corrected chi connectivity index (χ1v) is 5.06. The fourth-order valence-electron chi connectivity index (χ4n) is 1.48. The molecule has 1 aromatic heterocycles. The lowest BCUT2D eigenvalue weighted by Crippen LogP contribution is -2.15. The Bertz CT molecular complexity index is 263. The standard InChI is InChI=1S/C10H17N3/c1-8-10(13-7-12-8)6-11-5-4-9-2-3-9/h7,9,11H,2-6H2,1H3,(H,12,13). The van der Waals surface area contributed by atoms with Gasteiger partial charge in [0.15, 0.2) is 0 Å². The van der Waals surface area contributed by atoms with Gasteiger partial charge in [0.05, 0.1) is 12.0 Å². The summed E-state index contributed by atoms with van der Waals surface area (Å²) in [6, 6.07) is 0. The molecule has 0 bridgehead atoms. The van der Waals surface area contributed by atoms with Gasteiger partial charge in [0, 0.05) is 12.2 Å². The number of aromatic nitrogens is 2. The second kappa shape index (κ2) is 3.92. The van der Waals surface area contributed by atoms with Crippen LogP contribution in [0.2, 0.25) is 0 Å². The Balaban J connectivity index is 1.64. The molecule has 3 nitrogen and oxygen atoms in total. The van der Waals surface area contributed by atoms with Gasteiger partial charge in [-0.3, -0.25) is 0 Å². The first kappa shape index (κ1) is 8.75. The lowest BCUT2D eigenvalue weighted by Gasteiger charge is -2.01. The molecule has 1 saturated carbocycles. The van der Waals surface area contributed by atoms with Gasteiger partial charge in [-0.1, -0.05) is 12.8 Å². The number of H-pyrrole nitrogens is 1. The summed E-state index contributed by atoms with van der Waals surface area (Å²) in [4.78, 5) is 7.31. The van der Waals surface area contributed by atoms with Crippen molar-refractivity contribution in [2.45, 2.75) is 32.7 Å². The van der Waals surface area contributed by atoms with Crippen LogP contribution in [0, 0.1) is 12.8 Å². The minimum absolute atomic E-state index is 0.905. The Kier molecular flexibility index (Phi) is 2.64. The third-order valence-electron chi connectivity index (χ3n) is 2.65. The summed E-state index contributed by atoms with van der Waals surface area (Å²) in [5.74, 6) is 1.02. The van der Waals surface area contributed by atoms with Crippen molar-refractivity contribution in [3.63, 3.8) is 0 Å². The van der Waals surface area contributed by atoms with Crippen LogP contribution in [0.1, 0.15) is 30.7 Å². The van der Waals surface area contributed by atoms with E-state index in [1.54, 1.807) is 6.33 Å². The predicted octanol–water partition coefficient (Wildman–Crippen LogP) is 1.61. The van der Waals surface area contributed by atoms with Crippen LogP contribution in [0.25, 0.3) is 0 Å². The monoisotopic (exact) mass is 179 g/mol. The van der Waals surface area contributed by atoms with Gasteiger partial charge in [-0.2, -0.15) is 0 Å².